The van der Waals surface area contributed by atoms with Gasteiger partial charge in [0.25, 0.3) is 0 Å². The van der Waals surface area contributed by atoms with Gasteiger partial charge in [0.15, 0.2) is 0 Å². The summed E-state index contributed by atoms with van der Waals surface area (Å²) in [5.74, 6) is -0.0325. The van der Waals surface area contributed by atoms with E-state index >= 15 is 0 Å². The van der Waals surface area contributed by atoms with Crippen molar-refractivity contribution in [1.82, 2.24) is 10.2 Å². The van der Waals surface area contributed by atoms with Gasteiger partial charge in [0.1, 0.15) is 5.82 Å². The van der Waals surface area contributed by atoms with E-state index < -0.39 is 0 Å². The van der Waals surface area contributed by atoms with E-state index in [1.165, 1.54) is 5.56 Å². The van der Waals surface area contributed by atoms with Gasteiger partial charge >= 0.3 is 0 Å². The third-order valence-corrected chi connectivity index (χ3v) is 3.91. The van der Waals surface area contributed by atoms with Gasteiger partial charge in [-0.25, -0.2) is 4.39 Å². The van der Waals surface area contributed by atoms with E-state index in [2.05, 4.69) is 23.3 Å². The normalized spacial score (nSPS) is 29.6. The van der Waals surface area contributed by atoms with Gasteiger partial charge in [0.05, 0.1) is 6.04 Å². The van der Waals surface area contributed by atoms with Crippen LogP contribution in [0.15, 0.2) is 18.2 Å². The number of benzene rings is 1. The minimum atomic E-state index is -0.0325. The van der Waals surface area contributed by atoms with Gasteiger partial charge < -0.3 is 5.32 Å². The first-order valence-electron chi connectivity index (χ1n) is 5.98. The third-order valence-electron chi connectivity index (χ3n) is 3.91. The van der Waals surface area contributed by atoms with Crippen molar-refractivity contribution in [3.8, 4) is 0 Å². The number of hydrogen-bond acceptors (Lipinski definition) is 2. The topological polar surface area (TPSA) is 15.3 Å². The summed E-state index contributed by atoms with van der Waals surface area (Å²) < 4.78 is 13.7. The van der Waals surface area contributed by atoms with Crippen LogP contribution in [0, 0.1) is 5.82 Å². The van der Waals surface area contributed by atoms with Gasteiger partial charge in [-0.2, -0.15) is 0 Å². The van der Waals surface area contributed by atoms with Crippen molar-refractivity contribution in [1.29, 1.82) is 0 Å². The first kappa shape index (κ1) is 10.2. The lowest BCUT2D eigenvalue weighted by molar-refractivity contribution is 0.136. The van der Waals surface area contributed by atoms with E-state index in [9.17, 15) is 4.39 Å². The molecule has 0 radical (unpaired) electrons. The molecule has 0 aromatic heterocycles. The molecule has 2 atom stereocenters. The van der Waals surface area contributed by atoms with Gasteiger partial charge in [-0.05, 0) is 37.1 Å². The number of nitrogens with one attached hydrogen (secondary N) is 1. The van der Waals surface area contributed by atoms with Crippen LogP contribution in [0.3, 0.4) is 0 Å². The lowest BCUT2D eigenvalue weighted by atomic mass is 9.82. The van der Waals surface area contributed by atoms with Crippen molar-refractivity contribution < 1.29 is 4.39 Å². The molecule has 1 aliphatic carbocycles. The number of likely N-dealkylation sites (N-methyl/N-ethyl adjacent to an activating group) is 1. The maximum atomic E-state index is 13.7. The minimum Gasteiger partial charge on any atom is -0.311 e. The summed E-state index contributed by atoms with van der Waals surface area (Å²) in [6.07, 6.45) is 1.91. The number of nitrogens with zero attached hydrogens (tertiary/aromatic N) is 1. The molecule has 1 heterocycles. The molecule has 0 bridgehead atoms. The Morgan fingerprint density at radius 3 is 3.19 bits per heavy atom. The molecule has 1 aromatic rings. The molecule has 16 heavy (non-hydrogen) atoms. The van der Waals surface area contributed by atoms with Crippen molar-refractivity contribution in [3.63, 3.8) is 0 Å². The molecule has 1 fully saturated rings. The zero-order valence-electron chi connectivity index (χ0n) is 9.54. The molecule has 0 spiro atoms. The van der Waals surface area contributed by atoms with Gasteiger partial charge in [0.2, 0.25) is 0 Å². The molecule has 2 nitrogen and oxygen atoms in total. The maximum Gasteiger partial charge on any atom is 0.126 e. The standard InChI is InChI=1S/C13H17FN2/c1-16-8-7-15-12-6-5-9-10(13(12)16)3-2-4-11(9)14/h2-4,12-13,15H,5-8H2,1H3. The van der Waals surface area contributed by atoms with Crippen molar-refractivity contribution in [2.24, 2.45) is 0 Å². The second-order valence-corrected chi connectivity index (χ2v) is 4.83. The second-order valence-electron chi connectivity index (χ2n) is 4.83. The van der Waals surface area contributed by atoms with Crippen LogP contribution in [-0.2, 0) is 6.42 Å². The first-order valence-corrected chi connectivity index (χ1v) is 5.98. The molecule has 1 N–H and O–H groups in total. The van der Waals surface area contributed by atoms with Crippen LogP contribution in [-0.4, -0.2) is 31.1 Å². The molecule has 3 rings (SSSR count). The highest BCUT2D eigenvalue weighted by Gasteiger charge is 2.35. The molecule has 1 aliphatic heterocycles. The molecular weight excluding hydrogens is 203 g/mol. The molecule has 2 unspecified atom stereocenters. The molecule has 1 aromatic carbocycles. The maximum absolute atomic E-state index is 13.7. The predicted molar refractivity (Wildman–Crippen MR) is 61.9 cm³/mol. The molecule has 86 valence electrons. The molecule has 2 aliphatic rings. The van der Waals surface area contributed by atoms with Gasteiger partial charge in [-0.15, -0.1) is 0 Å². The van der Waals surface area contributed by atoms with Crippen LogP contribution in [0.5, 0.6) is 0 Å². The van der Waals surface area contributed by atoms with Crippen molar-refractivity contribution in [3.05, 3.63) is 35.1 Å². The van der Waals surface area contributed by atoms with Crippen LogP contribution in [0.25, 0.3) is 0 Å². The first-order chi connectivity index (χ1) is 7.77. The lowest BCUT2D eigenvalue weighted by Gasteiger charge is -2.43. The minimum absolute atomic E-state index is 0.0325. The van der Waals surface area contributed by atoms with E-state index in [0.717, 1.165) is 31.5 Å². The Hall–Kier alpha value is -0.930. The van der Waals surface area contributed by atoms with Crippen molar-refractivity contribution in [2.75, 3.05) is 20.1 Å². The summed E-state index contributed by atoms with van der Waals surface area (Å²) in [6.45, 7) is 2.08. The fourth-order valence-electron chi connectivity index (χ4n) is 3.11. The Balaban J connectivity index is 2.06. The van der Waals surface area contributed by atoms with Gasteiger partial charge in [-0.1, -0.05) is 12.1 Å². The highest BCUT2D eigenvalue weighted by Crippen LogP contribution is 2.36. The van der Waals surface area contributed by atoms with Crippen molar-refractivity contribution in [2.45, 2.75) is 24.9 Å². The van der Waals surface area contributed by atoms with Crippen LogP contribution in [0.1, 0.15) is 23.6 Å². The largest absolute Gasteiger partial charge is 0.311 e. The number of hydrogen-bond donors (Lipinski definition) is 1. The molecule has 1 saturated heterocycles. The summed E-state index contributed by atoms with van der Waals surface area (Å²) in [5, 5.41) is 3.55. The van der Waals surface area contributed by atoms with Gasteiger partial charge in [-0.3, -0.25) is 4.90 Å². The molecular formula is C13H17FN2. The highest BCUT2D eigenvalue weighted by molar-refractivity contribution is 5.35. The fraction of sp³-hybridized carbons (Fsp3) is 0.538. The Morgan fingerprint density at radius 2 is 2.31 bits per heavy atom. The smallest absolute Gasteiger partial charge is 0.126 e. The quantitative estimate of drug-likeness (QED) is 0.716. The van der Waals surface area contributed by atoms with Crippen LogP contribution in [0.4, 0.5) is 4.39 Å². The summed E-state index contributed by atoms with van der Waals surface area (Å²) in [5.41, 5.74) is 2.12. The van der Waals surface area contributed by atoms with Crippen LogP contribution in [0.2, 0.25) is 0 Å². The average molecular weight is 220 g/mol. The van der Waals surface area contributed by atoms with Gasteiger partial charge in [0, 0.05) is 19.1 Å². The zero-order valence-corrected chi connectivity index (χ0v) is 9.54. The van der Waals surface area contributed by atoms with E-state index in [1.807, 2.05) is 6.07 Å². The zero-order chi connectivity index (χ0) is 11.1. The molecule has 0 amide bonds. The fourth-order valence-corrected chi connectivity index (χ4v) is 3.11. The monoisotopic (exact) mass is 220 g/mol. The summed E-state index contributed by atoms with van der Waals surface area (Å²) in [4.78, 5) is 2.35. The van der Waals surface area contributed by atoms with Crippen molar-refractivity contribution >= 4 is 0 Å². The lowest BCUT2D eigenvalue weighted by Crippen LogP contribution is -2.53. The van der Waals surface area contributed by atoms with Crippen LogP contribution < -0.4 is 5.32 Å². The second kappa shape index (κ2) is 3.82. The number of piperazine rings is 1. The number of fused-ring (bicyclic) bond motifs is 3. The predicted octanol–water partition coefficient (Wildman–Crippen LogP) is 1.72. The Labute approximate surface area is 95.4 Å². The van der Waals surface area contributed by atoms with E-state index in [4.69, 9.17) is 0 Å². The Morgan fingerprint density at radius 1 is 1.44 bits per heavy atom. The highest BCUT2D eigenvalue weighted by atomic mass is 19.1. The Kier molecular flexibility index (Phi) is 2.45. The van der Waals surface area contributed by atoms with E-state index in [-0.39, 0.29) is 5.82 Å². The van der Waals surface area contributed by atoms with Crippen LogP contribution >= 0.6 is 0 Å². The molecule has 0 saturated carbocycles. The number of rotatable bonds is 0. The SMILES string of the molecule is CN1CCNC2CCc3c(F)cccc3C21. The summed E-state index contributed by atoms with van der Waals surface area (Å²) in [7, 11) is 2.14. The summed E-state index contributed by atoms with van der Waals surface area (Å²) >= 11 is 0. The number of halogens is 1. The van der Waals surface area contributed by atoms with E-state index in [1.54, 1.807) is 6.07 Å². The third kappa shape index (κ3) is 1.46. The Bertz CT molecular complexity index is 405. The van der Waals surface area contributed by atoms with E-state index in [0.29, 0.717) is 12.1 Å². The molecule has 3 heteroatoms. The summed E-state index contributed by atoms with van der Waals surface area (Å²) in [6, 6.07) is 6.34. The average Bonchev–Trinajstić information content (AvgIpc) is 2.29.